The second-order valence-electron chi connectivity index (χ2n) is 7.59. The first-order valence-corrected chi connectivity index (χ1v) is 12.3. The molecule has 2 aromatic heterocycles. The Morgan fingerprint density at radius 3 is 2.66 bits per heavy atom. The van der Waals surface area contributed by atoms with Gasteiger partial charge in [-0.15, -0.1) is 0 Å². The van der Waals surface area contributed by atoms with Crippen LogP contribution in [-0.2, 0) is 10.0 Å². The van der Waals surface area contributed by atoms with Crippen LogP contribution in [0.2, 0.25) is 10.0 Å². The van der Waals surface area contributed by atoms with Crippen LogP contribution in [0.5, 0.6) is 0 Å². The van der Waals surface area contributed by atoms with Crippen molar-refractivity contribution in [3.05, 3.63) is 77.3 Å². The van der Waals surface area contributed by atoms with E-state index in [0.717, 1.165) is 11.1 Å². The first-order chi connectivity index (χ1) is 15.4. The van der Waals surface area contributed by atoms with Gasteiger partial charge in [0.05, 0.1) is 32.5 Å². The van der Waals surface area contributed by atoms with E-state index in [0.29, 0.717) is 40.9 Å². The zero-order valence-corrected chi connectivity index (χ0v) is 19.1. The summed E-state index contributed by atoms with van der Waals surface area (Å²) in [5.74, 6) is 0.701. The number of anilines is 1. The highest BCUT2D eigenvalue weighted by atomic mass is 35.5. The summed E-state index contributed by atoms with van der Waals surface area (Å²) in [7, 11) is -3.59. The molecule has 4 aromatic rings. The SMILES string of the molecule is O=S(=O)(N[C@@H]1CCN(c2cc(-n3ccnc3)c3ccc(Cl)c(Cl)c3n2)C1)c1ccccc1. The van der Waals surface area contributed by atoms with Gasteiger partial charge in [-0.25, -0.2) is 23.1 Å². The van der Waals surface area contributed by atoms with E-state index >= 15 is 0 Å². The topological polar surface area (TPSA) is 80.1 Å². The van der Waals surface area contributed by atoms with Crippen molar-refractivity contribution in [1.82, 2.24) is 19.3 Å². The lowest BCUT2D eigenvalue weighted by Gasteiger charge is -2.20. The highest BCUT2D eigenvalue weighted by molar-refractivity contribution is 7.89. The van der Waals surface area contributed by atoms with E-state index in [1.165, 1.54) is 0 Å². The van der Waals surface area contributed by atoms with Gasteiger partial charge >= 0.3 is 0 Å². The van der Waals surface area contributed by atoms with Crippen LogP contribution in [0.15, 0.2) is 72.1 Å². The molecule has 7 nitrogen and oxygen atoms in total. The van der Waals surface area contributed by atoms with Gasteiger partial charge in [0.15, 0.2) is 0 Å². The molecule has 0 spiro atoms. The van der Waals surface area contributed by atoms with E-state index in [1.54, 1.807) is 48.9 Å². The number of fused-ring (bicyclic) bond motifs is 1. The minimum Gasteiger partial charge on any atom is -0.355 e. The summed E-state index contributed by atoms with van der Waals surface area (Å²) in [5.41, 5.74) is 1.46. The van der Waals surface area contributed by atoms with Gasteiger partial charge in [0, 0.05) is 43.0 Å². The lowest BCUT2D eigenvalue weighted by Crippen LogP contribution is -2.37. The average molecular weight is 488 g/mol. The van der Waals surface area contributed by atoms with Crippen LogP contribution in [0.4, 0.5) is 5.82 Å². The lowest BCUT2D eigenvalue weighted by molar-refractivity contribution is 0.561. The number of rotatable bonds is 5. The van der Waals surface area contributed by atoms with Crippen molar-refractivity contribution in [2.75, 3.05) is 18.0 Å². The molecule has 0 bridgehead atoms. The smallest absolute Gasteiger partial charge is 0.240 e. The highest BCUT2D eigenvalue weighted by Gasteiger charge is 2.29. The number of imidazole rings is 1. The quantitative estimate of drug-likeness (QED) is 0.454. The zero-order valence-electron chi connectivity index (χ0n) is 16.8. The maximum atomic E-state index is 12.7. The summed E-state index contributed by atoms with van der Waals surface area (Å²) in [6.45, 7) is 1.15. The number of halogens is 2. The predicted molar refractivity (Wildman–Crippen MR) is 126 cm³/mol. The van der Waals surface area contributed by atoms with Crippen LogP contribution in [0.1, 0.15) is 6.42 Å². The van der Waals surface area contributed by atoms with Crippen LogP contribution in [-0.4, -0.2) is 42.1 Å². The predicted octanol–water partition coefficient (Wildman–Crippen LogP) is 4.28. The molecule has 1 aliphatic rings. The summed E-state index contributed by atoms with van der Waals surface area (Å²) in [4.78, 5) is 11.2. The van der Waals surface area contributed by atoms with Crippen LogP contribution >= 0.6 is 23.2 Å². The normalized spacial score (nSPS) is 16.7. The molecular weight excluding hydrogens is 469 g/mol. The molecule has 1 fully saturated rings. The van der Waals surface area contributed by atoms with Crippen LogP contribution in [0.3, 0.4) is 0 Å². The number of pyridine rings is 1. The third kappa shape index (κ3) is 3.95. The van der Waals surface area contributed by atoms with Crippen LogP contribution < -0.4 is 9.62 Å². The lowest BCUT2D eigenvalue weighted by atomic mass is 10.1. The van der Waals surface area contributed by atoms with Gasteiger partial charge in [-0.05, 0) is 30.7 Å². The van der Waals surface area contributed by atoms with Crippen molar-refractivity contribution in [2.45, 2.75) is 17.4 Å². The molecule has 0 radical (unpaired) electrons. The van der Waals surface area contributed by atoms with E-state index in [9.17, 15) is 8.42 Å². The number of nitrogens with zero attached hydrogens (tertiary/aromatic N) is 4. The first kappa shape index (κ1) is 21.2. The van der Waals surface area contributed by atoms with E-state index in [1.807, 2.05) is 22.9 Å². The third-order valence-electron chi connectivity index (χ3n) is 5.51. The van der Waals surface area contributed by atoms with Crippen LogP contribution in [0, 0.1) is 0 Å². The average Bonchev–Trinajstić information content (AvgIpc) is 3.49. The van der Waals surface area contributed by atoms with Gasteiger partial charge in [0.25, 0.3) is 0 Å². The Morgan fingerprint density at radius 2 is 1.91 bits per heavy atom. The third-order valence-corrected chi connectivity index (χ3v) is 7.84. The first-order valence-electron chi connectivity index (χ1n) is 10.0. The van der Waals surface area contributed by atoms with Crippen LogP contribution in [0.25, 0.3) is 16.6 Å². The Hall–Kier alpha value is -2.65. The Labute approximate surface area is 195 Å². The van der Waals surface area contributed by atoms with Gasteiger partial charge < -0.3 is 9.47 Å². The molecule has 10 heteroatoms. The van der Waals surface area contributed by atoms with Crippen molar-refractivity contribution in [3.8, 4) is 5.69 Å². The van der Waals surface area contributed by atoms with E-state index < -0.39 is 10.0 Å². The molecule has 164 valence electrons. The Bertz CT molecular complexity index is 1380. The second kappa shape index (κ2) is 8.37. The molecule has 32 heavy (non-hydrogen) atoms. The fourth-order valence-electron chi connectivity index (χ4n) is 3.93. The van der Waals surface area contributed by atoms with Gasteiger partial charge in [0.2, 0.25) is 10.0 Å². The van der Waals surface area contributed by atoms with E-state index in [4.69, 9.17) is 28.2 Å². The molecule has 3 heterocycles. The van der Waals surface area contributed by atoms with Crippen molar-refractivity contribution in [1.29, 1.82) is 0 Å². The maximum absolute atomic E-state index is 12.7. The molecule has 1 aliphatic heterocycles. The molecule has 0 aliphatic carbocycles. The van der Waals surface area contributed by atoms with Gasteiger partial charge in [0.1, 0.15) is 5.82 Å². The molecule has 0 unspecified atom stereocenters. The van der Waals surface area contributed by atoms with E-state index in [-0.39, 0.29) is 10.9 Å². The molecule has 1 saturated heterocycles. The molecule has 1 N–H and O–H groups in total. The minimum atomic E-state index is -3.59. The summed E-state index contributed by atoms with van der Waals surface area (Å²) in [5, 5.41) is 1.66. The van der Waals surface area contributed by atoms with Crippen molar-refractivity contribution >= 4 is 49.9 Å². The summed E-state index contributed by atoms with van der Waals surface area (Å²) in [6.07, 6.45) is 5.92. The Morgan fingerprint density at radius 1 is 1.09 bits per heavy atom. The number of benzene rings is 2. The standard InChI is InChI=1S/C22H19Cl2N5O2S/c23-18-7-6-17-19(29-11-9-25-14-29)12-20(26-22(17)21(18)24)28-10-8-15(13-28)27-32(30,31)16-4-2-1-3-5-16/h1-7,9,11-12,14-15,27H,8,10,13H2/t15-/m1/s1. The van der Waals surface area contributed by atoms with E-state index in [2.05, 4.69) is 14.6 Å². The number of nitrogens with one attached hydrogen (secondary N) is 1. The molecule has 0 amide bonds. The molecular formula is C22H19Cl2N5O2S. The maximum Gasteiger partial charge on any atom is 0.240 e. The van der Waals surface area contributed by atoms with Crippen molar-refractivity contribution in [2.24, 2.45) is 0 Å². The van der Waals surface area contributed by atoms with Crippen molar-refractivity contribution in [3.63, 3.8) is 0 Å². The molecule has 1 atom stereocenters. The Balaban J connectivity index is 1.47. The zero-order chi connectivity index (χ0) is 22.3. The van der Waals surface area contributed by atoms with Gasteiger partial charge in [-0.2, -0.15) is 0 Å². The van der Waals surface area contributed by atoms with Gasteiger partial charge in [-0.3, -0.25) is 0 Å². The fraction of sp³-hybridized carbons (Fsp3) is 0.182. The number of hydrogen-bond acceptors (Lipinski definition) is 5. The molecule has 0 saturated carbocycles. The number of sulfonamides is 1. The number of aromatic nitrogens is 3. The van der Waals surface area contributed by atoms with Gasteiger partial charge in [-0.1, -0.05) is 41.4 Å². The molecule has 2 aromatic carbocycles. The second-order valence-corrected chi connectivity index (χ2v) is 10.1. The summed E-state index contributed by atoms with van der Waals surface area (Å²) < 4.78 is 30.1. The largest absolute Gasteiger partial charge is 0.355 e. The minimum absolute atomic E-state index is 0.232. The molecule has 5 rings (SSSR count). The summed E-state index contributed by atoms with van der Waals surface area (Å²) in [6, 6.07) is 13.7. The Kier molecular flexibility index (Phi) is 5.54. The fourth-order valence-corrected chi connectivity index (χ4v) is 5.57. The summed E-state index contributed by atoms with van der Waals surface area (Å²) >= 11 is 12.7. The number of hydrogen-bond donors (Lipinski definition) is 1. The highest BCUT2D eigenvalue weighted by Crippen LogP contribution is 2.35. The van der Waals surface area contributed by atoms with Crippen molar-refractivity contribution < 1.29 is 8.42 Å². The monoisotopic (exact) mass is 487 g/mol.